The lowest BCUT2D eigenvalue weighted by atomic mass is 9.96. The summed E-state index contributed by atoms with van der Waals surface area (Å²) < 4.78 is 7.38. The van der Waals surface area contributed by atoms with E-state index >= 15 is 0 Å². The number of fused-ring (bicyclic) bond motifs is 1. The van der Waals surface area contributed by atoms with E-state index < -0.39 is 0 Å². The highest BCUT2D eigenvalue weighted by Crippen LogP contribution is 2.34. The lowest BCUT2D eigenvalue weighted by Crippen LogP contribution is -2.44. The summed E-state index contributed by atoms with van der Waals surface area (Å²) in [5.41, 5.74) is 3.45. The van der Waals surface area contributed by atoms with Crippen molar-refractivity contribution in [3.05, 3.63) is 35.3 Å². The highest BCUT2D eigenvalue weighted by atomic mass is 16.5. The average molecular weight is 410 g/mol. The number of aromatic nitrogens is 3. The zero-order valence-electron chi connectivity index (χ0n) is 18.0. The standard InChI is InChI=1S/C23H31N5O2/c1-23(2)9-4-3-5-10-27(23)20-14-19(21-18(25-20)15-24-22(21)29)28-11-6-17(26-28)16-7-12-30-13-8-16/h6,11,14,16H,3-5,7-10,12-13,15H2,1-2H3,(H,24,29). The molecule has 3 aliphatic rings. The van der Waals surface area contributed by atoms with Crippen LogP contribution in [0.2, 0.25) is 0 Å². The first-order chi connectivity index (χ1) is 14.5. The molecular weight excluding hydrogens is 378 g/mol. The molecule has 1 amide bonds. The molecule has 0 aliphatic carbocycles. The molecule has 0 saturated carbocycles. The highest BCUT2D eigenvalue weighted by Gasteiger charge is 2.33. The van der Waals surface area contributed by atoms with E-state index in [9.17, 15) is 4.79 Å². The van der Waals surface area contributed by atoms with E-state index in [1.165, 1.54) is 19.3 Å². The van der Waals surface area contributed by atoms with Crippen LogP contribution < -0.4 is 10.2 Å². The van der Waals surface area contributed by atoms with Gasteiger partial charge in [-0.2, -0.15) is 5.10 Å². The Kier molecular flexibility index (Phi) is 5.01. The summed E-state index contributed by atoms with van der Waals surface area (Å²) >= 11 is 0. The van der Waals surface area contributed by atoms with Gasteiger partial charge in [0.05, 0.1) is 29.2 Å². The number of amides is 1. The largest absolute Gasteiger partial charge is 0.381 e. The minimum Gasteiger partial charge on any atom is -0.381 e. The lowest BCUT2D eigenvalue weighted by Gasteiger charge is -2.38. The molecule has 2 saturated heterocycles. The molecular formula is C23H31N5O2. The van der Waals surface area contributed by atoms with Crippen molar-refractivity contribution in [2.24, 2.45) is 0 Å². The molecule has 0 atom stereocenters. The maximum Gasteiger partial charge on any atom is 0.255 e. The Bertz CT molecular complexity index is 945. The summed E-state index contributed by atoms with van der Waals surface area (Å²) in [7, 11) is 0. The summed E-state index contributed by atoms with van der Waals surface area (Å²) in [6.45, 7) is 7.65. The summed E-state index contributed by atoms with van der Waals surface area (Å²) in [5, 5.41) is 7.84. The van der Waals surface area contributed by atoms with Gasteiger partial charge in [0, 0.05) is 43.5 Å². The van der Waals surface area contributed by atoms with Gasteiger partial charge in [0.2, 0.25) is 0 Å². The minimum absolute atomic E-state index is 0.0441. The van der Waals surface area contributed by atoms with Crippen molar-refractivity contribution in [1.29, 1.82) is 0 Å². The van der Waals surface area contributed by atoms with Crippen LogP contribution in [-0.4, -0.2) is 46.0 Å². The van der Waals surface area contributed by atoms with Gasteiger partial charge in [-0.3, -0.25) is 4.79 Å². The molecule has 2 fully saturated rings. The Hall–Kier alpha value is -2.41. The second kappa shape index (κ2) is 7.69. The molecule has 30 heavy (non-hydrogen) atoms. The number of carbonyl (C=O) groups is 1. The van der Waals surface area contributed by atoms with Crippen molar-refractivity contribution in [2.45, 2.75) is 70.4 Å². The average Bonchev–Trinajstić information content (AvgIpc) is 3.33. The number of nitrogens with zero attached hydrogens (tertiary/aromatic N) is 4. The molecule has 1 N–H and O–H groups in total. The quantitative estimate of drug-likeness (QED) is 0.839. The number of pyridine rings is 1. The van der Waals surface area contributed by atoms with E-state index in [1.807, 2.05) is 10.9 Å². The number of hydrogen-bond donors (Lipinski definition) is 1. The fourth-order valence-electron chi connectivity index (χ4n) is 5.07. The van der Waals surface area contributed by atoms with Gasteiger partial charge in [-0.1, -0.05) is 12.8 Å². The van der Waals surface area contributed by atoms with Crippen molar-refractivity contribution < 1.29 is 9.53 Å². The SMILES string of the molecule is CC1(C)CCCCCN1c1cc(-n2ccc(C3CCOCC3)n2)c2c(n1)CNC2=O. The van der Waals surface area contributed by atoms with Gasteiger partial charge in [0.15, 0.2) is 0 Å². The number of carbonyl (C=O) groups excluding carboxylic acids is 1. The Morgan fingerprint density at radius 1 is 1.20 bits per heavy atom. The summed E-state index contributed by atoms with van der Waals surface area (Å²) in [4.78, 5) is 20.0. The fourth-order valence-corrected chi connectivity index (χ4v) is 5.07. The molecule has 2 aromatic heterocycles. The van der Waals surface area contributed by atoms with Gasteiger partial charge in [0.25, 0.3) is 5.91 Å². The molecule has 0 bridgehead atoms. The molecule has 2 aromatic rings. The number of anilines is 1. The van der Waals surface area contributed by atoms with Crippen molar-refractivity contribution in [3.8, 4) is 5.69 Å². The molecule has 0 radical (unpaired) electrons. The van der Waals surface area contributed by atoms with Gasteiger partial charge < -0.3 is 15.0 Å². The summed E-state index contributed by atoms with van der Waals surface area (Å²) in [6, 6.07) is 4.16. The van der Waals surface area contributed by atoms with E-state index in [-0.39, 0.29) is 11.4 Å². The zero-order chi connectivity index (χ0) is 20.7. The third-order valence-electron chi connectivity index (χ3n) is 6.88. The summed E-state index contributed by atoms with van der Waals surface area (Å²) in [5.74, 6) is 1.32. The van der Waals surface area contributed by atoms with Crippen LogP contribution in [0.15, 0.2) is 18.3 Å². The van der Waals surface area contributed by atoms with Crippen LogP contribution in [0.4, 0.5) is 5.82 Å². The first-order valence-corrected chi connectivity index (χ1v) is 11.3. The van der Waals surface area contributed by atoms with Crippen LogP contribution in [0.25, 0.3) is 5.69 Å². The van der Waals surface area contributed by atoms with Crippen LogP contribution >= 0.6 is 0 Å². The number of rotatable bonds is 3. The number of nitrogens with one attached hydrogen (secondary N) is 1. The lowest BCUT2D eigenvalue weighted by molar-refractivity contribution is 0.0844. The maximum atomic E-state index is 12.6. The smallest absolute Gasteiger partial charge is 0.255 e. The first-order valence-electron chi connectivity index (χ1n) is 11.3. The normalized spacial score (nSPS) is 21.9. The number of ether oxygens (including phenoxy) is 1. The van der Waals surface area contributed by atoms with Gasteiger partial charge >= 0.3 is 0 Å². The van der Waals surface area contributed by atoms with Crippen molar-refractivity contribution >= 4 is 11.7 Å². The van der Waals surface area contributed by atoms with E-state index in [1.54, 1.807) is 0 Å². The Morgan fingerprint density at radius 2 is 2.03 bits per heavy atom. The van der Waals surface area contributed by atoms with E-state index in [0.717, 1.165) is 61.9 Å². The predicted molar refractivity (Wildman–Crippen MR) is 115 cm³/mol. The molecule has 0 aromatic carbocycles. The molecule has 7 heteroatoms. The molecule has 160 valence electrons. The summed E-state index contributed by atoms with van der Waals surface area (Å²) in [6.07, 6.45) is 8.81. The molecule has 7 nitrogen and oxygen atoms in total. The Labute approximate surface area is 177 Å². The second-order valence-corrected chi connectivity index (χ2v) is 9.35. The molecule has 0 spiro atoms. The number of hydrogen-bond acceptors (Lipinski definition) is 5. The van der Waals surface area contributed by atoms with Gasteiger partial charge in [-0.25, -0.2) is 9.67 Å². The molecule has 3 aliphatic heterocycles. The van der Waals surface area contributed by atoms with Crippen LogP contribution in [0, 0.1) is 0 Å². The topological polar surface area (TPSA) is 72.3 Å². The highest BCUT2D eigenvalue weighted by molar-refractivity contribution is 6.01. The van der Waals surface area contributed by atoms with E-state index in [4.69, 9.17) is 14.8 Å². The monoisotopic (exact) mass is 409 g/mol. The van der Waals surface area contributed by atoms with Crippen molar-refractivity contribution in [1.82, 2.24) is 20.1 Å². The van der Waals surface area contributed by atoms with E-state index in [0.29, 0.717) is 18.0 Å². The van der Waals surface area contributed by atoms with E-state index in [2.05, 4.69) is 36.2 Å². The van der Waals surface area contributed by atoms with Crippen LogP contribution in [0.1, 0.15) is 80.0 Å². The third-order valence-corrected chi connectivity index (χ3v) is 6.88. The van der Waals surface area contributed by atoms with Crippen molar-refractivity contribution in [3.63, 3.8) is 0 Å². The Balaban J connectivity index is 1.56. The van der Waals surface area contributed by atoms with Crippen LogP contribution in [-0.2, 0) is 11.3 Å². The zero-order valence-corrected chi connectivity index (χ0v) is 18.0. The molecule has 5 rings (SSSR count). The Morgan fingerprint density at radius 3 is 2.87 bits per heavy atom. The first kappa shape index (κ1) is 19.5. The second-order valence-electron chi connectivity index (χ2n) is 9.35. The maximum absolute atomic E-state index is 12.6. The van der Waals surface area contributed by atoms with Crippen LogP contribution in [0.3, 0.4) is 0 Å². The molecule has 5 heterocycles. The van der Waals surface area contributed by atoms with Crippen LogP contribution in [0.5, 0.6) is 0 Å². The van der Waals surface area contributed by atoms with Gasteiger partial charge in [0.1, 0.15) is 5.82 Å². The van der Waals surface area contributed by atoms with Crippen molar-refractivity contribution in [2.75, 3.05) is 24.7 Å². The molecule has 0 unspecified atom stereocenters. The fraction of sp³-hybridized carbons (Fsp3) is 0.609. The van der Waals surface area contributed by atoms with Gasteiger partial charge in [-0.05, 0) is 45.6 Å². The predicted octanol–water partition coefficient (Wildman–Crippen LogP) is 3.56. The van der Waals surface area contributed by atoms with Gasteiger partial charge in [-0.15, -0.1) is 0 Å². The minimum atomic E-state index is -0.0581. The third kappa shape index (κ3) is 3.49.